The van der Waals surface area contributed by atoms with E-state index in [0.29, 0.717) is 11.3 Å². The molecule has 1 atom stereocenters. The summed E-state index contributed by atoms with van der Waals surface area (Å²) < 4.78 is 39.5. The largest absolute Gasteiger partial charge is 0.324 e. The van der Waals surface area contributed by atoms with Crippen LogP contribution in [0.4, 0.5) is 10.1 Å². The molecule has 24 heavy (non-hydrogen) atoms. The summed E-state index contributed by atoms with van der Waals surface area (Å²) in [6, 6.07) is 11.0. The number of carbonyl (C=O) groups excluding carboxylic acids is 1. The van der Waals surface area contributed by atoms with Gasteiger partial charge in [-0.1, -0.05) is 18.2 Å². The molecule has 1 heterocycles. The molecule has 1 unspecified atom stereocenters. The van der Waals surface area contributed by atoms with E-state index in [0.717, 1.165) is 0 Å². The predicted molar refractivity (Wildman–Crippen MR) is 87.8 cm³/mol. The summed E-state index contributed by atoms with van der Waals surface area (Å²) in [5.41, 5.74) is 0.724. The lowest BCUT2D eigenvalue weighted by Gasteiger charge is -2.09. The van der Waals surface area contributed by atoms with E-state index in [-0.39, 0.29) is 10.7 Å². The molecule has 6 nitrogen and oxygen atoms in total. The SMILES string of the molecule is CC(N=C1NS(=O)(=O)c2ccccc21)C(=O)Nc1cccc(F)c1. The number of nitrogens with one attached hydrogen (secondary N) is 2. The fraction of sp³-hybridized carbons (Fsp3) is 0.125. The number of anilines is 1. The van der Waals surface area contributed by atoms with Crippen molar-refractivity contribution in [3.8, 4) is 0 Å². The molecule has 2 aromatic rings. The van der Waals surface area contributed by atoms with Crippen molar-refractivity contribution in [2.24, 2.45) is 4.99 Å². The minimum atomic E-state index is -3.65. The first-order valence-electron chi connectivity index (χ1n) is 7.13. The fourth-order valence-electron chi connectivity index (χ4n) is 2.29. The van der Waals surface area contributed by atoms with Crippen LogP contribution in [-0.4, -0.2) is 26.2 Å². The smallest absolute Gasteiger partial charge is 0.263 e. The van der Waals surface area contributed by atoms with Crippen molar-refractivity contribution >= 4 is 27.5 Å². The van der Waals surface area contributed by atoms with Gasteiger partial charge in [-0.05, 0) is 37.3 Å². The molecule has 0 spiro atoms. The number of nitrogens with zero attached hydrogens (tertiary/aromatic N) is 1. The second-order valence-electron chi connectivity index (χ2n) is 5.25. The molecule has 2 N–H and O–H groups in total. The Morgan fingerprint density at radius 3 is 2.71 bits per heavy atom. The van der Waals surface area contributed by atoms with E-state index in [1.54, 1.807) is 24.3 Å². The molecule has 0 aliphatic carbocycles. The Labute approximate surface area is 138 Å². The van der Waals surface area contributed by atoms with Crippen molar-refractivity contribution in [1.82, 2.24) is 4.72 Å². The quantitative estimate of drug-likeness (QED) is 0.889. The molecular formula is C16H14FN3O3S. The van der Waals surface area contributed by atoms with E-state index in [2.05, 4.69) is 15.0 Å². The van der Waals surface area contributed by atoms with Crippen LogP contribution in [0.15, 0.2) is 58.4 Å². The molecule has 0 bridgehead atoms. The number of sulfonamides is 1. The first-order valence-corrected chi connectivity index (χ1v) is 8.61. The molecule has 8 heteroatoms. The van der Waals surface area contributed by atoms with Crippen molar-refractivity contribution in [3.05, 3.63) is 59.9 Å². The maximum Gasteiger partial charge on any atom is 0.263 e. The van der Waals surface area contributed by atoms with Gasteiger partial charge >= 0.3 is 0 Å². The number of aliphatic imine (C=N–C) groups is 1. The standard InChI is InChI=1S/C16H14FN3O3S/c1-10(16(21)19-12-6-4-5-11(17)9-12)18-15-13-7-2-3-8-14(13)24(22,23)20-15/h2-10H,1H3,(H,18,20)(H,19,21). The number of hydrogen-bond donors (Lipinski definition) is 2. The van der Waals surface area contributed by atoms with Gasteiger partial charge in [0.05, 0.1) is 4.90 Å². The van der Waals surface area contributed by atoms with E-state index in [4.69, 9.17) is 0 Å². The summed E-state index contributed by atoms with van der Waals surface area (Å²) in [7, 11) is -3.65. The van der Waals surface area contributed by atoms with E-state index in [1.807, 2.05) is 0 Å². The summed E-state index contributed by atoms with van der Waals surface area (Å²) >= 11 is 0. The molecule has 0 saturated heterocycles. The summed E-state index contributed by atoms with van der Waals surface area (Å²) in [6.45, 7) is 1.52. The molecule has 124 valence electrons. The highest BCUT2D eigenvalue weighted by atomic mass is 32.2. The Morgan fingerprint density at radius 2 is 1.96 bits per heavy atom. The minimum absolute atomic E-state index is 0.118. The van der Waals surface area contributed by atoms with Crippen molar-refractivity contribution < 1.29 is 17.6 Å². The van der Waals surface area contributed by atoms with Crippen molar-refractivity contribution in [1.29, 1.82) is 0 Å². The van der Waals surface area contributed by atoms with Crippen LogP contribution in [-0.2, 0) is 14.8 Å². The maximum atomic E-state index is 13.1. The molecule has 1 amide bonds. The zero-order chi connectivity index (χ0) is 17.3. The number of amidine groups is 1. The molecule has 1 aliphatic heterocycles. The van der Waals surface area contributed by atoms with E-state index in [1.165, 1.54) is 31.2 Å². The van der Waals surface area contributed by atoms with Crippen LogP contribution in [0.25, 0.3) is 0 Å². The van der Waals surface area contributed by atoms with Crippen LogP contribution >= 0.6 is 0 Å². The second kappa shape index (κ2) is 6.04. The first-order chi connectivity index (χ1) is 11.4. The highest BCUT2D eigenvalue weighted by Gasteiger charge is 2.31. The Hall–Kier alpha value is -2.74. The highest BCUT2D eigenvalue weighted by molar-refractivity contribution is 7.90. The van der Waals surface area contributed by atoms with E-state index < -0.39 is 27.8 Å². The van der Waals surface area contributed by atoms with Crippen LogP contribution in [0, 0.1) is 5.82 Å². The molecule has 3 rings (SSSR count). The monoisotopic (exact) mass is 347 g/mol. The zero-order valence-electron chi connectivity index (χ0n) is 12.7. The third kappa shape index (κ3) is 3.13. The van der Waals surface area contributed by atoms with Crippen LogP contribution in [0.5, 0.6) is 0 Å². The van der Waals surface area contributed by atoms with Crippen LogP contribution in [0.3, 0.4) is 0 Å². The highest BCUT2D eigenvalue weighted by Crippen LogP contribution is 2.22. The summed E-state index contributed by atoms with van der Waals surface area (Å²) in [6.07, 6.45) is 0. The van der Waals surface area contributed by atoms with Gasteiger partial charge in [0.15, 0.2) is 0 Å². The number of halogens is 1. The van der Waals surface area contributed by atoms with Gasteiger partial charge in [0.2, 0.25) is 5.91 Å². The second-order valence-corrected chi connectivity index (χ2v) is 6.91. The lowest BCUT2D eigenvalue weighted by atomic mass is 10.2. The molecule has 1 aliphatic rings. The predicted octanol–water partition coefficient (Wildman–Crippen LogP) is 1.89. The Kier molecular flexibility index (Phi) is 4.06. The maximum absolute atomic E-state index is 13.1. The number of fused-ring (bicyclic) bond motifs is 1. The summed E-state index contributed by atoms with van der Waals surface area (Å²) in [5, 5.41) is 2.54. The van der Waals surface area contributed by atoms with Gasteiger partial charge in [0, 0.05) is 11.3 Å². The van der Waals surface area contributed by atoms with Crippen molar-refractivity contribution in [2.75, 3.05) is 5.32 Å². The minimum Gasteiger partial charge on any atom is -0.324 e. The summed E-state index contributed by atoms with van der Waals surface area (Å²) in [4.78, 5) is 16.4. The number of carbonyl (C=O) groups is 1. The zero-order valence-corrected chi connectivity index (χ0v) is 13.5. The molecule has 2 aromatic carbocycles. The van der Waals surface area contributed by atoms with Gasteiger partial charge in [-0.2, -0.15) is 0 Å². The molecular weight excluding hydrogens is 333 g/mol. The van der Waals surface area contributed by atoms with Gasteiger partial charge in [-0.15, -0.1) is 0 Å². The van der Waals surface area contributed by atoms with Gasteiger partial charge in [0.25, 0.3) is 10.0 Å². The van der Waals surface area contributed by atoms with Gasteiger partial charge in [-0.3, -0.25) is 14.5 Å². The van der Waals surface area contributed by atoms with Gasteiger partial charge in [0.1, 0.15) is 17.7 Å². The van der Waals surface area contributed by atoms with E-state index >= 15 is 0 Å². The topological polar surface area (TPSA) is 87.6 Å². The molecule has 0 fully saturated rings. The van der Waals surface area contributed by atoms with Gasteiger partial charge < -0.3 is 5.32 Å². The third-order valence-corrected chi connectivity index (χ3v) is 4.85. The first kappa shape index (κ1) is 16.1. The average molecular weight is 347 g/mol. The average Bonchev–Trinajstić information content (AvgIpc) is 2.78. The van der Waals surface area contributed by atoms with Crippen molar-refractivity contribution in [3.63, 3.8) is 0 Å². The fourth-order valence-corrected chi connectivity index (χ4v) is 3.53. The number of amides is 1. The van der Waals surface area contributed by atoms with E-state index in [9.17, 15) is 17.6 Å². The van der Waals surface area contributed by atoms with Crippen LogP contribution in [0.2, 0.25) is 0 Å². The number of rotatable bonds is 3. The third-order valence-electron chi connectivity index (χ3n) is 3.46. The normalized spacial score (nSPS) is 17.8. The molecule has 0 radical (unpaired) electrons. The van der Waals surface area contributed by atoms with Gasteiger partial charge in [-0.25, -0.2) is 12.8 Å². The number of benzene rings is 2. The lowest BCUT2D eigenvalue weighted by Crippen LogP contribution is -2.28. The Morgan fingerprint density at radius 1 is 1.21 bits per heavy atom. The Balaban J connectivity index is 1.83. The molecule has 0 saturated carbocycles. The Bertz CT molecular complexity index is 941. The number of hydrogen-bond acceptors (Lipinski definition) is 4. The summed E-state index contributed by atoms with van der Waals surface area (Å²) in [5.74, 6) is -0.826. The van der Waals surface area contributed by atoms with Crippen LogP contribution < -0.4 is 10.0 Å². The van der Waals surface area contributed by atoms with Crippen molar-refractivity contribution in [2.45, 2.75) is 17.9 Å². The molecule has 0 aromatic heterocycles. The van der Waals surface area contributed by atoms with Crippen LogP contribution in [0.1, 0.15) is 12.5 Å². The lowest BCUT2D eigenvalue weighted by molar-refractivity contribution is -0.117.